The van der Waals surface area contributed by atoms with E-state index in [1.54, 1.807) is 24.3 Å². The van der Waals surface area contributed by atoms with E-state index in [0.29, 0.717) is 35.1 Å². The first kappa shape index (κ1) is 16.8. The molecule has 6 nitrogen and oxygen atoms in total. The number of amides is 1. The summed E-state index contributed by atoms with van der Waals surface area (Å²) in [6, 6.07) is 14.9. The highest BCUT2D eigenvalue weighted by atomic mass is 19.1. The molecule has 0 atom stereocenters. The van der Waals surface area contributed by atoms with Crippen LogP contribution < -0.4 is 20.1 Å². The maximum Gasteiger partial charge on any atom is 0.253 e. The lowest BCUT2D eigenvalue weighted by Crippen LogP contribution is -2.22. The number of hydrogen-bond acceptors (Lipinski definition) is 5. The second-order valence-electron chi connectivity index (χ2n) is 5.93. The Balaban J connectivity index is 1.35. The third-order valence-electron chi connectivity index (χ3n) is 4.03. The van der Waals surface area contributed by atoms with Crippen molar-refractivity contribution in [3.63, 3.8) is 0 Å². The van der Waals surface area contributed by atoms with Crippen molar-refractivity contribution in [2.24, 2.45) is 0 Å². The fourth-order valence-electron chi connectivity index (χ4n) is 2.62. The van der Waals surface area contributed by atoms with E-state index in [9.17, 15) is 9.18 Å². The van der Waals surface area contributed by atoms with Crippen LogP contribution in [0.4, 0.5) is 15.9 Å². The predicted octanol–water partition coefficient (Wildman–Crippen LogP) is 3.62. The van der Waals surface area contributed by atoms with Crippen LogP contribution in [0.2, 0.25) is 0 Å². The Morgan fingerprint density at radius 2 is 1.85 bits per heavy atom. The summed E-state index contributed by atoms with van der Waals surface area (Å²) in [5, 5.41) is 5.89. The number of ether oxygens (including phenoxy) is 2. The largest absolute Gasteiger partial charge is 0.454 e. The highest BCUT2D eigenvalue weighted by Crippen LogP contribution is 2.32. The molecule has 7 heteroatoms. The van der Waals surface area contributed by atoms with Gasteiger partial charge in [0.25, 0.3) is 5.91 Å². The minimum atomic E-state index is -0.303. The van der Waals surface area contributed by atoms with Crippen LogP contribution in [0, 0.1) is 5.82 Å². The third kappa shape index (κ3) is 3.98. The molecule has 1 aliphatic rings. The second kappa shape index (κ2) is 7.33. The van der Waals surface area contributed by atoms with Gasteiger partial charge in [-0.3, -0.25) is 4.79 Å². The fraction of sp³-hybridized carbons (Fsp3) is 0.100. The minimum Gasteiger partial charge on any atom is -0.454 e. The van der Waals surface area contributed by atoms with Crippen LogP contribution in [-0.4, -0.2) is 17.7 Å². The summed E-state index contributed by atoms with van der Waals surface area (Å²) >= 11 is 0. The van der Waals surface area contributed by atoms with E-state index in [1.807, 2.05) is 18.2 Å². The van der Waals surface area contributed by atoms with Gasteiger partial charge in [-0.1, -0.05) is 6.07 Å². The molecule has 1 aliphatic heterocycles. The molecule has 0 fully saturated rings. The van der Waals surface area contributed by atoms with Crippen molar-refractivity contribution in [2.45, 2.75) is 6.54 Å². The van der Waals surface area contributed by atoms with Crippen molar-refractivity contribution in [2.75, 3.05) is 12.1 Å². The molecule has 2 N–H and O–H groups in total. The van der Waals surface area contributed by atoms with Gasteiger partial charge in [0.2, 0.25) is 6.79 Å². The van der Waals surface area contributed by atoms with E-state index in [0.717, 1.165) is 5.56 Å². The van der Waals surface area contributed by atoms with E-state index < -0.39 is 0 Å². The molecule has 0 saturated heterocycles. The number of aromatic nitrogens is 1. The number of hydrogen-bond donors (Lipinski definition) is 2. The Morgan fingerprint density at radius 3 is 2.63 bits per heavy atom. The standard InChI is InChI=1S/C20H16FN3O3/c21-15-3-5-16(6-4-15)24-19-8-2-14(11-22-19)20(25)23-10-13-1-7-17-18(9-13)27-12-26-17/h1-9,11H,10,12H2,(H,22,24)(H,23,25). The number of carbonyl (C=O) groups excluding carboxylic acids is 1. The van der Waals surface area contributed by atoms with Crippen LogP contribution >= 0.6 is 0 Å². The lowest BCUT2D eigenvalue weighted by molar-refractivity contribution is 0.0950. The smallest absolute Gasteiger partial charge is 0.253 e. The number of anilines is 2. The van der Waals surface area contributed by atoms with Gasteiger partial charge >= 0.3 is 0 Å². The highest BCUT2D eigenvalue weighted by molar-refractivity contribution is 5.94. The molecule has 0 radical (unpaired) electrons. The second-order valence-corrected chi connectivity index (χ2v) is 5.93. The Hall–Kier alpha value is -3.61. The number of halogens is 1. The Bertz CT molecular complexity index is 959. The molecule has 0 aliphatic carbocycles. The van der Waals surface area contributed by atoms with Crippen molar-refractivity contribution in [1.82, 2.24) is 10.3 Å². The molecule has 0 unspecified atom stereocenters. The van der Waals surface area contributed by atoms with Crippen LogP contribution in [0.3, 0.4) is 0 Å². The van der Waals surface area contributed by atoms with Crippen LogP contribution in [0.25, 0.3) is 0 Å². The van der Waals surface area contributed by atoms with E-state index in [4.69, 9.17) is 9.47 Å². The molecule has 1 aromatic heterocycles. The maximum atomic E-state index is 12.9. The molecule has 3 aromatic rings. The molecular formula is C20H16FN3O3. The van der Waals surface area contributed by atoms with Gasteiger partial charge in [0, 0.05) is 18.4 Å². The molecule has 4 rings (SSSR count). The topological polar surface area (TPSA) is 72.5 Å². The van der Waals surface area contributed by atoms with E-state index in [2.05, 4.69) is 15.6 Å². The normalized spacial score (nSPS) is 11.9. The number of benzene rings is 2. The number of nitrogens with one attached hydrogen (secondary N) is 2. The summed E-state index contributed by atoms with van der Waals surface area (Å²) < 4.78 is 23.5. The molecule has 136 valence electrons. The third-order valence-corrected chi connectivity index (χ3v) is 4.03. The SMILES string of the molecule is O=C(NCc1ccc2c(c1)OCO2)c1ccc(Nc2ccc(F)cc2)nc1. The molecule has 0 spiro atoms. The quantitative estimate of drug-likeness (QED) is 0.722. The predicted molar refractivity (Wildman–Crippen MR) is 97.7 cm³/mol. The van der Waals surface area contributed by atoms with Crippen molar-refractivity contribution >= 4 is 17.4 Å². The first-order valence-electron chi connectivity index (χ1n) is 8.33. The van der Waals surface area contributed by atoms with Gasteiger partial charge < -0.3 is 20.1 Å². The molecule has 0 bridgehead atoms. The summed E-state index contributed by atoms with van der Waals surface area (Å²) in [5.41, 5.74) is 2.07. The minimum absolute atomic E-state index is 0.217. The van der Waals surface area contributed by atoms with Crippen molar-refractivity contribution in [3.05, 3.63) is 77.7 Å². The fourth-order valence-corrected chi connectivity index (χ4v) is 2.62. The summed E-state index contributed by atoms with van der Waals surface area (Å²) in [6.45, 7) is 0.584. The summed E-state index contributed by atoms with van der Waals surface area (Å²) in [5.74, 6) is 1.42. The van der Waals surface area contributed by atoms with Crippen LogP contribution in [0.1, 0.15) is 15.9 Å². The lowest BCUT2D eigenvalue weighted by atomic mass is 10.2. The van der Waals surface area contributed by atoms with Gasteiger partial charge in [0.15, 0.2) is 11.5 Å². The molecule has 2 aromatic carbocycles. The zero-order chi connectivity index (χ0) is 18.6. The number of nitrogens with zero attached hydrogens (tertiary/aromatic N) is 1. The summed E-state index contributed by atoms with van der Waals surface area (Å²) in [4.78, 5) is 16.5. The molecule has 1 amide bonds. The van der Waals surface area contributed by atoms with Gasteiger partial charge in [0.05, 0.1) is 5.56 Å². The highest BCUT2D eigenvalue weighted by Gasteiger charge is 2.13. The monoisotopic (exact) mass is 365 g/mol. The van der Waals surface area contributed by atoms with Crippen LogP contribution in [0.15, 0.2) is 60.8 Å². The summed E-state index contributed by atoms with van der Waals surface area (Å²) in [6.07, 6.45) is 1.49. The van der Waals surface area contributed by atoms with Crippen molar-refractivity contribution in [3.8, 4) is 11.5 Å². The van der Waals surface area contributed by atoms with Gasteiger partial charge in [-0.05, 0) is 54.1 Å². The number of carbonyl (C=O) groups is 1. The first-order valence-corrected chi connectivity index (χ1v) is 8.33. The van der Waals surface area contributed by atoms with E-state index in [1.165, 1.54) is 18.3 Å². The molecule has 0 saturated carbocycles. The first-order chi connectivity index (χ1) is 13.2. The number of rotatable bonds is 5. The van der Waals surface area contributed by atoms with E-state index >= 15 is 0 Å². The van der Waals surface area contributed by atoms with Crippen LogP contribution in [0.5, 0.6) is 11.5 Å². The van der Waals surface area contributed by atoms with Gasteiger partial charge in [-0.25, -0.2) is 9.37 Å². The van der Waals surface area contributed by atoms with Crippen LogP contribution in [-0.2, 0) is 6.54 Å². The Kier molecular flexibility index (Phi) is 4.57. The average Bonchev–Trinajstić information content (AvgIpc) is 3.16. The number of pyridine rings is 1. The number of fused-ring (bicyclic) bond motifs is 1. The lowest BCUT2D eigenvalue weighted by Gasteiger charge is -2.08. The maximum absolute atomic E-state index is 12.9. The Labute approximate surface area is 155 Å². The van der Waals surface area contributed by atoms with E-state index in [-0.39, 0.29) is 18.5 Å². The van der Waals surface area contributed by atoms with Gasteiger partial charge in [0.1, 0.15) is 11.6 Å². The zero-order valence-corrected chi connectivity index (χ0v) is 14.2. The van der Waals surface area contributed by atoms with Crippen molar-refractivity contribution in [1.29, 1.82) is 0 Å². The van der Waals surface area contributed by atoms with Crippen molar-refractivity contribution < 1.29 is 18.7 Å². The summed E-state index contributed by atoms with van der Waals surface area (Å²) in [7, 11) is 0. The Morgan fingerprint density at radius 1 is 1.04 bits per heavy atom. The molecular weight excluding hydrogens is 349 g/mol. The van der Waals surface area contributed by atoms with Gasteiger partial charge in [-0.2, -0.15) is 0 Å². The zero-order valence-electron chi connectivity index (χ0n) is 14.2. The molecule has 2 heterocycles. The van der Waals surface area contributed by atoms with Gasteiger partial charge in [-0.15, -0.1) is 0 Å². The average molecular weight is 365 g/mol. The molecule has 27 heavy (non-hydrogen) atoms.